The SMILES string of the molecule is CC(N)/C(=C1/Cc2ccccc2N1)c1ncccn1. The van der Waals surface area contributed by atoms with E-state index in [0.29, 0.717) is 5.82 Å². The molecular formula is C15H16N4. The van der Waals surface area contributed by atoms with Crippen molar-refractivity contribution < 1.29 is 0 Å². The normalized spacial score (nSPS) is 17.6. The van der Waals surface area contributed by atoms with Crippen LogP contribution in [0.15, 0.2) is 48.4 Å². The first kappa shape index (κ1) is 11.9. The van der Waals surface area contributed by atoms with Crippen molar-refractivity contribution in [1.29, 1.82) is 0 Å². The summed E-state index contributed by atoms with van der Waals surface area (Å²) in [6.07, 6.45) is 4.34. The van der Waals surface area contributed by atoms with E-state index in [1.807, 2.05) is 25.1 Å². The molecule has 96 valence electrons. The largest absolute Gasteiger partial charge is 0.358 e. The van der Waals surface area contributed by atoms with Gasteiger partial charge in [0.15, 0.2) is 5.82 Å². The highest BCUT2D eigenvalue weighted by Gasteiger charge is 2.22. The van der Waals surface area contributed by atoms with Crippen LogP contribution in [0.1, 0.15) is 18.3 Å². The van der Waals surface area contributed by atoms with Crippen LogP contribution < -0.4 is 11.1 Å². The minimum Gasteiger partial charge on any atom is -0.358 e. The van der Waals surface area contributed by atoms with Gasteiger partial charge in [0, 0.05) is 41.8 Å². The number of aromatic nitrogens is 2. The van der Waals surface area contributed by atoms with E-state index in [0.717, 1.165) is 23.4 Å². The standard InChI is InChI=1S/C15H16N4/c1-10(16)14(15-17-7-4-8-18-15)13-9-11-5-2-3-6-12(11)19-13/h2-8,10,19H,9,16H2,1H3/b14-13+. The van der Waals surface area contributed by atoms with Gasteiger partial charge in [0.25, 0.3) is 0 Å². The molecule has 1 aliphatic rings. The lowest BCUT2D eigenvalue weighted by molar-refractivity contribution is 0.906. The average molecular weight is 252 g/mol. The molecule has 19 heavy (non-hydrogen) atoms. The molecule has 0 spiro atoms. The fourth-order valence-electron chi connectivity index (χ4n) is 2.41. The minimum absolute atomic E-state index is 0.112. The number of anilines is 1. The molecule has 1 aliphatic heterocycles. The number of nitrogens with two attached hydrogens (primary N) is 1. The maximum atomic E-state index is 6.11. The van der Waals surface area contributed by atoms with Gasteiger partial charge in [-0.2, -0.15) is 0 Å². The summed E-state index contributed by atoms with van der Waals surface area (Å²) in [6.45, 7) is 1.96. The number of nitrogens with zero attached hydrogens (tertiary/aromatic N) is 2. The van der Waals surface area contributed by atoms with Crippen LogP contribution in [0.4, 0.5) is 5.69 Å². The van der Waals surface area contributed by atoms with Crippen molar-refractivity contribution in [3.05, 3.63) is 59.8 Å². The molecule has 4 heteroatoms. The summed E-state index contributed by atoms with van der Waals surface area (Å²) in [5, 5.41) is 3.43. The smallest absolute Gasteiger partial charge is 0.158 e. The molecule has 1 aromatic heterocycles. The Kier molecular flexibility index (Phi) is 3.01. The fraction of sp³-hybridized carbons (Fsp3) is 0.200. The van der Waals surface area contributed by atoms with Crippen LogP contribution in [0.5, 0.6) is 0 Å². The zero-order valence-corrected chi connectivity index (χ0v) is 10.8. The Morgan fingerprint density at radius 2 is 1.95 bits per heavy atom. The molecule has 0 saturated heterocycles. The lowest BCUT2D eigenvalue weighted by atomic mass is 10.0. The van der Waals surface area contributed by atoms with Gasteiger partial charge in [-0.1, -0.05) is 18.2 Å². The number of hydrogen-bond acceptors (Lipinski definition) is 4. The van der Waals surface area contributed by atoms with Gasteiger partial charge in [0.2, 0.25) is 0 Å². The van der Waals surface area contributed by atoms with Gasteiger partial charge >= 0.3 is 0 Å². The zero-order valence-electron chi connectivity index (χ0n) is 10.8. The molecule has 4 nitrogen and oxygen atoms in total. The molecule has 0 saturated carbocycles. The second-order valence-corrected chi connectivity index (χ2v) is 4.71. The predicted octanol–water partition coefficient (Wildman–Crippen LogP) is 2.20. The summed E-state index contributed by atoms with van der Waals surface area (Å²) in [6, 6.07) is 9.98. The van der Waals surface area contributed by atoms with E-state index < -0.39 is 0 Å². The van der Waals surface area contributed by atoms with E-state index in [-0.39, 0.29) is 6.04 Å². The fourth-order valence-corrected chi connectivity index (χ4v) is 2.41. The summed E-state index contributed by atoms with van der Waals surface area (Å²) in [7, 11) is 0. The van der Waals surface area contributed by atoms with E-state index in [9.17, 15) is 0 Å². The lowest BCUT2D eigenvalue weighted by Gasteiger charge is -2.14. The van der Waals surface area contributed by atoms with Crippen molar-refractivity contribution in [2.75, 3.05) is 5.32 Å². The van der Waals surface area contributed by atoms with Crippen LogP contribution in [0, 0.1) is 0 Å². The van der Waals surface area contributed by atoms with Gasteiger partial charge < -0.3 is 11.1 Å². The molecular weight excluding hydrogens is 236 g/mol. The molecule has 0 amide bonds. The Balaban J connectivity index is 2.06. The van der Waals surface area contributed by atoms with Crippen LogP contribution in [0.2, 0.25) is 0 Å². The summed E-state index contributed by atoms with van der Waals surface area (Å²) >= 11 is 0. The molecule has 0 bridgehead atoms. The van der Waals surface area contributed by atoms with Crippen molar-refractivity contribution in [3.63, 3.8) is 0 Å². The number of rotatable bonds is 2. The highest BCUT2D eigenvalue weighted by molar-refractivity contribution is 5.76. The van der Waals surface area contributed by atoms with Gasteiger partial charge in [0.1, 0.15) is 0 Å². The van der Waals surface area contributed by atoms with Crippen LogP contribution in [0.3, 0.4) is 0 Å². The molecule has 3 N–H and O–H groups in total. The highest BCUT2D eigenvalue weighted by atomic mass is 15.0. The van der Waals surface area contributed by atoms with Crippen LogP contribution in [-0.4, -0.2) is 16.0 Å². The molecule has 0 aliphatic carbocycles. The molecule has 1 aromatic carbocycles. The average Bonchev–Trinajstić information content (AvgIpc) is 2.82. The van der Waals surface area contributed by atoms with Crippen LogP contribution >= 0.6 is 0 Å². The molecule has 1 atom stereocenters. The third-order valence-corrected chi connectivity index (χ3v) is 3.26. The first-order valence-electron chi connectivity index (χ1n) is 6.36. The Bertz CT molecular complexity index is 590. The summed E-state index contributed by atoms with van der Waals surface area (Å²) in [5.41, 5.74) is 10.6. The van der Waals surface area contributed by atoms with Crippen molar-refractivity contribution in [2.24, 2.45) is 5.73 Å². The molecule has 0 radical (unpaired) electrons. The van der Waals surface area contributed by atoms with E-state index in [2.05, 4.69) is 27.4 Å². The van der Waals surface area contributed by atoms with Crippen LogP contribution in [-0.2, 0) is 6.42 Å². The van der Waals surface area contributed by atoms with Crippen molar-refractivity contribution in [2.45, 2.75) is 19.4 Å². The second kappa shape index (κ2) is 4.82. The predicted molar refractivity (Wildman–Crippen MR) is 76.4 cm³/mol. The van der Waals surface area contributed by atoms with E-state index >= 15 is 0 Å². The summed E-state index contributed by atoms with van der Waals surface area (Å²) in [4.78, 5) is 8.64. The summed E-state index contributed by atoms with van der Waals surface area (Å²) < 4.78 is 0. The zero-order chi connectivity index (χ0) is 13.2. The van der Waals surface area contributed by atoms with Crippen molar-refractivity contribution in [3.8, 4) is 0 Å². The number of benzene rings is 1. The lowest BCUT2D eigenvalue weighted by Crippen LogP contribution is -2.21. The number of hydrogen-bond donors (Lipinski definition) is 2. The van der Waals surface area contributed by atoms with Crippen molar-refractivity contribution in [1.82, 2.24) is 9.97 Å². The quantitative estimate of drug-likeness (QED) is 0.860. The third-order valence-electron chi connectivity index (χ3n) is 3.26. The molecule has 0 fully saturated rings. The number of para-hydroxylation sites is 1. The maximum absolute atomic E-state index is 6.11. The second-order valence-electron chi connectivity index (χ2n) is 4.71. The van der Waals surface area contributed by atoms with Gasteiger partial charge in [-0.25, -0.2) is 9.97 Å². The number of allylic oxidation sites excluding steroid dienone is 1. The Hall–Kier alpha value is -2.20. The first-order valence-corrected chi connectivity index (χ1v) is 6.36. The number of nitrogens with one attached hydrogen (secondary N) is 1. The molecule has 2 aromatic rings. The van der Waals surface area contributed by atoms with E-state index in [1.165, 1.54) is 5.56 Å². The Labute approximate surface area is 112 Å². The third kappa shape index (κ3) is 2.22. The van der Waals surface area contributed by atoms with Gasteiger partial charge in [0.05, 0.1) is 0 Å². The number of fused-ring (bicyclic) bond motifs is 1. The maximum Gasteiger partial charge on any atom is 0.158 e. The van der Waals surface area contributed by atoms with Crippen LogP contribution in [0.25, 0.3) is 5.57 Å². The van der Waals surface area contributed by atoms with Gasteiger partial charge in [-0.05, 0) is 24.6 Å². The minimum atomic E-state index is -0.112. The highest BCUT2D eigenvalue weighted by Crippen LogP contribution is 2.32. The summed E-state index contributed by atoms with van der Waals surface area (Å²) in [5.74, 6) is 0.702. The monoisotopic (exact) mass is 252 g/mol. The topological polar surface area (TPSA) is 63.8 Å². The van der Waals surface area contributed by atoms with Gasteiger partial charge in [-0.3, -0.25) is 0 Å². The van der Waals surface area contributed by atoms with Gasteiger partial charge in [-0.15, -0.1) is 0 Å². The molecule has 1 unspecified atom stereocenters. The van der Waals surface area contributed by atoms with E-state index in [4.69, 9.17) is 5.73 Å². The Morgan fingerprint density at radius 3 is 2.63 bits per heavy atom. The molecule has 3 rings (SSSR count). The Morgan fingerprint density at radius 1 is 1.21 bits per heavy atom. The van der Waals surface area contributed by atoms with Crippen molar-refractivity contribution >= 4 is 11.3 Å². The first-order chi connectivity index (χ1) is 9.25. The molecule has 2 heterocycles. The van der Waals surface area contributed by atoms with E-state index in [1.54, 1.807) is 12.4 Å².